The highest BCUT2D eigenvalue weighted by atomic mass is 16.4. The van der Waals surface area contributed by atoms with E-state index in [1.807, 2.05) is 18.2 Å². The van der Waals surface area contributed by atoms with Crippen molar-refractivity contribution in [2.45, 2.75) is 31.8 Å². The van der Waals surface area contributed by atoms with Crippen LogP contribution in [0.5, 0.6) is 0 Å². The molecular formula is C14H16N2O2. The summed E-state index contributed by atoms with van der Waals surface area (Å²) in [5.74, 6) is -0.750. The molecule has 1 heterocycles. The summed E-state index contributed by atoms with van der Waals surface area (Å²) in [4.78, 5) is 13.0. The molecule has 18 heavy (non-hydrogen) atoms. The second-order valence-corrected chi connectivity index (χ2v) is 4.63. The number of carboxylic acid groups (broad SMARTS) is 1. The number of carbonyl (C=O) groups is 1. The van der Waals surface area contributed by atoms with Crippen LogP contribution in [-0.2, 0) is 11.3 Å². The molecule has 1 unspecified atom stereocenters. The molecule has 1 aliphatic heterocycles. The van der Waals surface area contributed by atoms with Gasteiger partial charge in [0.05, 0.1) is 18.1 Å². The lowest BCUT2D eigenvalue weighted by Crippen LogP contribution is -2.31. The number of aliphatic carboxylic acids is 1. The van der Waals surface area contributed by atoms with E-state index in [-0.39, 0.29) is 12.5 Å². The van der Waals surface area contributed by atoms with E-state index in [9.17, 15) is 4.79 Å². The van der Waals surface area contributed by atoms with E-state index in [4.69, 9.17) is 10.4 Å². The Morgan fingerprint density at radius 2 is 2.28 bits per heavy atom. The van der Waals surface area contributed by atoms with E-state index < -0.39 is 5.97 Å². The molecule has 0 radical (unpaired) electrons. The lowest BCUT2D eigenvalue weighted by molar-refractivity contribution is -0.138. The molecular weight excluding hydrogens is 228 g/mol. The van der Waals surface area contributed by atoms with Gasteiger partial charge in [0.15, 0.2) is 0 Å². The maximum atomic E-state index is 10.8. The van der Waals surface area contributed by atoms with E-state index in [1.54, 1.807) is 6.07 Å². The second kappa shape index (κ2) is 5.65. The Hall–Kier alpha value is -1.86. The summed E-state index contributed by atoms with van der Waals surface area (Å²) in [5.41, 5.74) is 1.66. The molecule has 2 rings (SSSR count). The number of nitriles is 1. The SMILES string of the molecule is N#Cc1ccccc1CN1CCCC1CC(=O)O. The highest BCUT2D eigenvalue weighted by Gasteiger charge is 2.26. The molecule has 1 aliphatic rings. The standard InChI is InChI=1S/C14H16N2O2/c15-9-11-4-1-2-5-12(11)10-16-7-3-6-13(16)8-14(17)18/h1-2,4-5,13H,3,6-8,10H2,(H,17,18). The minimum absolute atomic E-state index is 0.106. The van der Waals surface area contributed by atoms with Gasteiger partial charge < -0.3 is 5.11 Å². The molecule has 0 amide bonds. The summed E-state index contributed by atoms with van der Waals surface area (Å²) in [6.45, 7) is 1.58. The fraction of sp³-hybridized carbons (Fsp3) is 0.429. The van der Waals surface area contributed by atoms with E-state index >= 15 is 0 Å². The van der Waals surface area contributed by atoms with Gasteiger partial charge in [-0.1, -0.05) is 18.2 Å². The Balaban J connectivity index is 2.08. The van der Waals surface area contributed by atoms with Crippen LogP contribution in [0.1, 0.15) is 30.4 Å². The van der Waals surface area contributed by atoms with E-state index in [1.165, 1.54) is 0 Å². The van der Waals surface area contributed by atoms with E-state index in [0.29, 0.717) is 12.1 Å². The molecule has 94 valence electrons. The molecule has 1 atom stereocenters. The number of rotatable bonds is 4. The van der Waals surface area contributed by atoms with Crippen molar-refractivity contribution in [1.82, 2.24) is 4.90 Å². The molecule has 0 aromatic heterocycles. The van der Waals surface area contributed by atoms with Crippen molar-refractivity contribution in [2.24, 2.45) is 0 Å². The Morgan fingerprint density at radius 3 is 3.00 bits per heavy atom. The molecule has 1 aromatic rings. The topological polar surface area (TPSA) is 64.3 Å². The Bertz CT molecular complexity index is 479. The molecule has 4 nitrogen and oxygen atoms in total. The molecule has 1 saturated heterocycles. The average Bonchev–Trinajstić information content (AvgIpc) is 2.76. The van der Waals surface area contributed by atoms with E-state index in [0.717, 1.165) is 24.9 Å². The Kier molecular flexibility index (Phi) is 3.96. The minimum atomic E-state index is -0.750. The van der Waals surface area contributed by atoms with Crippen molar-refractivity contribution in [2.75, 3.05) is 6.54 Å². The van der Waals surface area contributed by atoms with E-state index in [2.05, 4.69) is 11.0 Å². The van der Waals surface area contributed by atoms with Gasteiger partial charge in [0.25, 0.3) is 0 Å². The van der Waals surface area contributed by atoms with Gasteiger partial charge >= 0.3 is 5.97 Å². The highest BCUT2D eigenvalue weighted by molar-refractivity contribution is 5.67. The van der Waals surface area contributed by atoms with Gasteiger partial charge in [0.2, 0.25) is 0 Å². The number of hydrogen-bond acceptors (Lipinski definition) is 3. The number of benzene rings is 1. The summed E-state index contributed by atoms with van der Waals surface area (Å²) in [6.07, 6.45) is 2.16. The van der Waals surface area contributed by atoms with Gasteiger partial charge in [-0.15, -0.1) is 0 Å². The zero-order valence-corrected chi connectivity index (χ0v) is 10.2. The van der Waals surface area contributed by atoms with Gasteiger partial charge in [0.1, 0.15) is 0 Å². The molecule has 1 aromatic carbocycles. The smallest absolute Gasteiger partial charge is 0.304 e. The first-order valence-electron chi connectivity index (χ1n) is 6.14. The third-order valence-corrected chi connectivity index (χ3v) is 3.42. The van der Waals surface area contributed by atoms with Crippen molar-refractivity contribution >= 4 is 5.97 Å². The lowest BCUT2D eigenvalue weighted by atomic mass is 10.1. The third-order valence-electron chi connectivity index (χ3n) is 3.42. The Morgan fingerprint density at radius 1 is 1.50 bits per heavy atom. The summed E-state index contributed by atoms with van der Waals surface area (Å²) >= 11 is 0. The second-order valence-electron chi connectivity index (χ2n) is 4.63. The zero-order chi connectivity index (χ0) is 13.0. The first-order valence-corrected chi connectivity index (χ1v) is 6.14. The van der Waals surface area contributed by atoms with Gasteiger partial charge in [-0.05, 0) is 31.0 Å². The van der Waals surface area contributed by atoms with Crippen LogP contribution in [0.15, 0.2) is 24.3 Å². The van der Waals surface area contributed by atoms with Crippen LogP contribution in [0, 0.1) is 11.3 Å². The summed E-state index contributed by atoms with van der Waals surface area (Å²) in [5, 5.41) is 17.9. The van der Waals surface area contributed by atoms with Crippen molar-refractivity contribution in [3.8, 4) is 6.07 Å². The number of likely N-dealkylation sites (tertiary alicyclic amines) is 1. The van der Waals surface area contributed by atoms with Crippen LogP contribution >= 0.6 is 0 Å². The number of hydrogen-bond donors (Lipinski definition) is 1. The van der Waals surface area contributed by atoms with Crippen molar-refractivity contribution in [3.63, 3.8) is 0 Å². The summed E-state index contributed by atoms with van der Waals surface area (Å²) in [6, 6.07) is 9.79. The third kappa shape index (κ3) is 2.88. The Labute approximate surface area is 106 Å². The van der Waals surface area contributed by atoms with Gasteiger partial charge in [-0.2, -0.15) is 5.26 Å². The molecule has 1 fully saturated rings. The van der Waals surface area contributed by atoms with Crippen molar-refractivity contribution < 1.29 is 9.90 Å². The summed E-state index contributed by atoms with van der Waals surface area (Å²) in [7, 11) is 0. The molecule has 0 saturated carbocycles. The molecule has 0 aliphatic carbocycles. The minimum Gasteiger partial charge on any atom is -0.481 e. The molecule has 0 bridgehead atoms. The van der Waals surface area contributed by atoms with Crippen LogP contribution in [0.2, 0.25) is 0 Å². The first-order chi connectivity index (χ1) is 8.70. The zero-order valence-electron chi connectivity index (χ0n) is 10.2. The van der Waals surface area contributed by atoms with Crippen LogP contribution in [0.4, 0.5) is 0 Å². The van der Waals surface area contributed by atoms with Gasteiger partial charge in [-0.25, -0.2) is 0 Å². The fourth-order valence-corrected chi connectivity index (χ4v) is 2.52. The fourth-order valence-electron chi connectivity index (χ4n) is 2.52. The largest absolute Gasteiger partial charge is 0.481 e. The number of carboxylic acids is 1. The van der Waals surface area contributed by atoms with Crippen LogP contribution in [-0.4, -0.2) is 28.6 Å². The van der Waals surface area contributed by atoms with Crippen LogP contribution in [0.3, 0.4) is 0 Å². The average molecular weight is 244 g/mol. The predicted molar refractivity (Wildman–Crippen MR) is 66.8 cm³/mol. The summed E-state index contributed by atoms with van der Waals surface area (Å²) < 4.78 is 0. The van der Waals surface area contributed by atoms with Gasteiger partial charge in [-0.3, -0.25) is 9.69 Å². The molecule has 4 heteroatoms. The van der Waals surface area contributed by atoms with Crippen LogP contribution in [0.25, 0.3) is 0 Å². The maximum Gasteiger partial charge on any atom is 0.304 e. The first kappa shape index (κ1) is 12.6. The maximum absolute atomic E-state index is 10.8. The molecule has 1 N–H and O–H groups in total. The lowest BCUT2D eigenvalue weighted by Gasteiger charge is -2.23. The predicted octanol–water partition coefficient (Wildman–Crippen LogP) is 2.00. The quantitative estimate of drug-likeness (QED) is 0.879. The number of nitrogens with zero attached hydrogens (tertiary/aromatic N) is 2. The van der Waals surface area contributed by atoms with Crippen molar-refractivity contribution in [3.05, 3.63) is 35.4 Å². The monoisotopic (exact) mass is 244 g/mol. The van der Waals surface area contributed by atoms with Crippen LogP contribution < -0.4 is 0 Å². The van der Waals surface area contributed by atoms with Crippen molar-refractivity contribution in [1.29, 1.82) is 5.26 Å². The normalized spacial score (nSPS) is 19.6. The highest BCUT2D eigenvalue weighted by Crippen LogP contribution is 2.23. The van der Waals surface area contributed by atoms with Gasteiger partial charge in [0, 0.05) is 12.6 Å². The molecule has 0 spiro atoms.